The third-order valence-electron chi connectivity index (χ3n) is 6.15. The Morgan fingerprint density at radius 3 is 2.58 bits per heavy atom. The Kier molecular flexibility index (Phi) is 4.82. The largest absolute Gasteiger partial charge is 0.327 e. The molecule has 2 aliphatic rings. The first-order valence-corrected chi connectivity index (χ1v) is 10.5. The van der Waals surface area contributed by atoms with Crippen LogP contribution in [0.25, 0.3) is 0 Å². The maximum absolute atomic E-state index is 12.9. The van der Waals surface area contributed by atoms with Crippen molar-refractivity contribution in [3.63, 3.8) is 0 Å². The van der Waals surface area contributed by atoms with Crippen LogP contribution in [0.1, 0.15) is 29.2 Å². The highest BCUT2D eigenvalue weighted by Gasteiger charge is 2.28. The second-order valence-electron chi connectivity index (χ2n) is 8.21. The smallest absolute Gasteiger partial charge is 0.260 e. The van der Waals surface area contributed by atoms with E-state index in [1.807, 2.05) is 53.3 Å². The first-order chi connectivity index (χ1) is 15.0. The molecule has 3 aromatic rings. The average molecular weight is 419 g/mol. The lowest BCUT2D eigenvalue weighted by molar-refractivity contribution is 0.0994. The van der Waals surface area contributed by atoms with Gasteiger partial charge in [0.15, 0.2) is 5.82 Å². The van der Waals surface area contributed by atoms with Gasteiger partial charge in [-0.3, -0.25) is 9.48 Å². The number of aromatic nitrogens is 4. The number of carbonyl (C=O) groups is 1. The van der Waals surface area contributed by atoms with Crippen molar-refractivity contribution in [1.29, 1.82) is 0 Å². The maximum Gasteiger partial charge on any atom is 0.260 e. The Bertz CT molecular complexity index is 1120. The van der Waals surface area contributed by atoms with Gasteiger partial charge in [-0.05, 0) is 45.1 Å². The molecular weight excluding hydrogens is 392 g/mol. The van der Waals surface area contributed by atoms with Gasteiger partial charge in [0.1, 0.15) is 5.69 Å². The van der Waals surface area contributed by atoms with E-state index < -0.39 is 0 Å². The molecule has 0 spiro atoms. The SMILES string of the molecule is CN1CCC(n2cc(Nc3ncc4c(n3)N(C)c3ccccc3C(=O)N4C)cn2)CC1. The Hall–Kier alpha value is -3.46. The molecule has 1 N–H and O–H groups in total. The second-order valence-corrected chi connectivity index (χ2v) is 8.21. The Morgan fingerprint density at radius 2 is 1.77 bits per heavy atom. The second kappa shape index (κ2) is 7.66. The highest BCUT2D eigenvalue weighted by atomic mass is 16.2. The molecule has 5 rings (SSSR count). The number of rotatable bonds is 3. The molecule has 1 saturated heterocycles. The number of amides is 1. The number of hydrogen-bond acceptors (Lipinski definition) is 7. The van der Waals surface area contributed by atoms with Crippen molar-refractivity contribution in [3.05, 3.63) is 48.4 Å². The zero-order valence-electron chi connectivity index (χ0n) is 18.0. The summed E-state index contributed by atoms with van der Waals surface area (Å²) in [4.78, 5) is 28.0. The number of piperidine rings is 1. The van der Waals surface area contributed by atoms with Crippen LogP contribution in [0.4, 0.5) is 28.8 Å². The fourth-order valence-electron chi connectivity index (χ4n) is 4.25. The van der Waals surface area contributed by atoms with E-state index in [2.05, 4.69) is 27.3 Å². The van der Waals surface area contributed by atoms with Gasteiger partial charge in [0.2, 0.25) is 5.95 Å². The van der Waals surface area contributed by atoms with Crippen molar-refractivity contribution < 1.29 is 4.79 Å². The molecule has 0 atom stereocenters. The van der Waals surface area contributed by atoms with Gasteiger partial charge >= 0.3 is 0 Å². The van der Waals surface area contributed by atoms with Crippen molar-refractivity contribution in [3.8, 4) is 0 Å². The van der Waals surface area contributed by atoms with Crippen molar-refractivity contribution in [2.24, 2.45) is 0 Å². The van der Waals surface area contributed by atoms with Crippen LogP contribution >= 0.6 is 0 Å². The minimum atomic E-state index is -0.0788. The molecule has 160 valence electrons. The van der Waals surface area contributed by atoms with E-state index in [1.165, 1.54) is 0 Å². The van der Waals surface area contributed by atoms with Crippen LogP contribution < -0.4 is 15.1 Å². The zero-order chi connectivity index (χ0) is 21.5. The number of benzene rings is 1. The number of carbonyl (C=O) groups excluding carboxylic acids is 1. The predicted molar refractivity (Wildman–Crippen MR) is 121 cm³/mol. The molecule has 0 saturated carbocycles. The van der Waals surface area contributed by atoms with E-state index in [9.17, 15) is 4.79 Å². The monoisotopic (exact) mass is 418 g/mol. The summed E-state index contributed by atoms with van der Waals surface area (Å²) in [7, 11) is 5.82. The van der Waals surface area contributed by atoms with Crippen LogP contribution in [-0.4, -0.2) is 64.8 Å². The van der Waals surface area contributed by atoms with Crippen LogP contribution in [0.2, 0.25) is 0 Å². The Balaban J connectivity index is 1.42. The van der Waals surface area contributed by atoms with Crippen LogP contribution in [-0.2, 0) is 0 Å². The normalized spacial score (nSPS) is 17.3. The van der Waals surface area contributed by atoms with Gasteiger partial charge in [0.25, 0.3) is 5.91 Å². The van der Waals surface area contributed by atoms with Crippen molar-refractivity contribution in [1.82, 2.24) is 24.6 Å². The van der Waals surface area contributed by atoms with E-state index in [-0.39, 0.29) is 5.91 Å². The van der Waals surface area contributed by atoms with Gasteiger partial charge in [-0.2, -0.15) is 10.1 Å². The lowest BCUT2D eigenvalue weighted by Crippen LogP contribution is -2.31. The lowest BCUT2D eigenvalue weighted by Gasteiger charge is -2.28. The van der Waals surface area contributed by atoms with Gasteiger partial charge in [0.05, 0.1) is 35.4 Å². The number of fused-ring (bicyclic) bond motifs is 2. The van der Waals surface area contributed by atoms with Crippen LogP contribution in [0.15, 0.2) is 42.9 Å². The summed E-state index contributed by atoms with van der Waals surface area (Å²) in [6.07, 6.45) is 7.70. The van der Waals surface area contributed by atoms with Crippen molar-refractivity contribution in [2.75, 3.05) is 49.3 Å². The number of nitrogens with zero attached hydrogens (tertiary/aromatic N) is 7. The van der Waals surface area contributed by atoms with Crippen LogP contribution in [0.5, 0.6) is 0 Å². The molecule has 31 heavy (non-hydrogen) atoms. The first-order valence-electron chi connectivity index (χ1n) is 10.5. The molecular formula is C22H26N8O. The third kappa shape index (κ3) is 3.50. The van der Waals surface area contributed by atoms with Crippen molar-refractivity contribution in [2.45, 2.75) is 18.9 Å². The average Bonchev–Trinajstić information content (AvgIpc) is 3.24. The molecule has 4 heterocycles. The van der Waals surface area contributed by atoms with E-state index >= 15 is 0 Å². The number of hydrogen-bond donors (Lipinski definition) is 1. The summed E-state index contributed by atoms with van der Waals surface area (Å²) in [6, 6.07) is 7.97. The van der Waals surface area contributed by atoms with Crippen molar-refractivity contribution >= 4 is 34.7 Å². The number of para-hydroxylation sites is 1. The van der Waals surface area contributed by atoms with Gasteiger partial charge in [-0.25, -0.2) is 4.98 Å². The summed E-state index contributed by atoms with van der Waals surface area (Å²) >= 11 is 0. The fourth-order valence-corrected chi connectivity index (χ4v) is 4.25. The third-order valence-corrected chi connectivity index (χ3v) is 6.15. The maximum atomic E-state index is 12.9. The molecule has 0 radical (unpaired) electrons. The Morgan fingerprint density at radius 1 is 1.00 bits per heavy atom. The molecule has 0 aliphatic carbocycles. The minimum Gasteiger partial charge on any atom is -0.327 e. The number of nitrogens with one attached hydrogen (secondary N) is 1. The summed E-state index contributed by atoms with van der Waals surface area (Å²) in [6.45, 7) is 2.17. The highest BCUT2D eigenvalue weighted by Crippen LogP contribution is 2.38. The Labute approximate surface area is 181 Å². The molecule has 2 aromatic heterocycles. The van der Waals surface area contributed by atoms with E-state index in [0.29, 0.717) is 29.1 Å². The summed E-state index contributed by atoms with van der Waals surface area (Å²) in [5.74, 6) is 1.06. The minimum absolute atomic E-state index is 0.0788. The number of likely N-dealkylation sites (tertiary alicyclic amines) is 1. The molecule has 0 bridgehead atoms. The van der Waals surface area contributed by atoms with Gasteiger partial charge in [-0.15, -0.1) is 0 Å². The van der Waals surface area contributed by atoms with E-state index in [1.54, 1.807) is 18.1 Å². The summed E-state index contributed by atoms with van der Waals surface area (Å²) in [5, 5.41) is 7.81. The molecule has 1 aromatic carbocycles. The van der Waals surface area contributed by atoms with Gasteiger partial charge < -0.3 is 20.0 Å². The predicted octanol–water partition coefficient (Wildman–Crippen LogP) is 3.04. The summed E-state index contributed by atoms with van der Waals surface area (Å²) in [5.41, 5.74) is 2.97. The molecule has 2 aliphatic heterocycles. The molecule has 0 unspecified atom stereocenters. The van der Waals surface area contributed by atoms with Gasteiger partial charge in [0, 0.05) is 20.3 Å². The number of anilines is 5. The fraction of sp³-hybridized carbons (Fsp3) is 0.364. The quantitative estimate of drug-likeness (QED) is 0.700. The lowest BCUT2D eigenvalue weighted by atomic mass is 10.1. The standard InChI is InChI=1S/C22H26N8O/c1-27-10-8-16(9-11-27)30-14-15(12-24-30)25-22-23-13-19-20(26-22)28(2)18-7-5-4-6-17(18)21(31)29(19)3/h4-7,12-14,16H,8-11H2,1-3H3,(H,23,25,26). The summed E-state index contributed by atoms with van der Waals surface area (Å²) < 4.78 is 2.04. The van der Waals surface area contributed by atoms with Crippen LogP contribution in [0, 0.1) is 0 Å². The molecule has 9 heteroatoms. The van der Waals surface area contributed by atoms with E-state index in [4.69, 9.17) is 4.98 Å². The van der Waals surface area contributed by atoms with Crippen LogP contribution in [0.3, 0.4) is 0 Å². The first kappa shape index (κ1) is 19.5. The zero-order valence-corrected chi connectivity index (χ0v) is 18.0. The topological polar surface area (TPSA) is 82.4 Å². The van der Waals surface area contributed by atoms with Gasteiger partial charge in [-0.1, -0.05) is 12.1 Å². The van der Waals surface area contributed by atoms with E-state index in [0.717, 1.165) is 37.3 Å². The molecule has 1 fully saturated rings. The molecule has 1 amide bonds. The molecule has 9 nitrogen and oxygen atoms in total. The highest BCUT2D eigenvalue weighted by molar-refractivity contribution is 6.13.